The van der Waals surface area contributed by atoms with E-state index >= 15 is 0 Å². The van der Waals surface area contributed by atoms with Gasteiger partial charge in [-0.2, -0.15) is 0 Å². The van der Waals surface area contributed by atoms with Gasteiger partial charge in [0, 0.05) is 36.1 Å². The van der Waals surface area contributed by atoms with Crippen molar-refractivity contribution in [3.63, 3.8) is 0 Å². The molecule has 2 rings (SSSR count). The molecule has 0 saturated heterocycles. The first-order valence-electron chi connectivity index (χ1n) is 5.24. The van der Waals surface area contributed by atoms with E-state index < -0.39 is 0 Å². The maximum atomic E-state index is 5.95. The van der Waals surface area contributed by atoms with Crippen LogP contribution >= 0.6 is 11.6 Å². The number of nitrogens with two attached hydrogens (primary N) is 1. The number of imidazole rings is 1. The summed E-state index contributed by atoms with van der Waals surface area (Å²) in [5.74, 6) is 1.01. The van der Waals surface area contributed by atoms with Gasteiger partial charge >= 0.3 is 0 Å². The Labute approximate surface area is 99.9 Å². The van der Waals surface area contributed by atoms with E-state index in [0.29, 0.717) is 11.4 Å². The summed E-state index contributed by atoms with van der Waals surface area (Å²) in [6.07, 6.45) is 4.49. The summed E-state index contributed by atoms with van der Waals surface area (Å²) >= 11 is 5.95. The van der Waals surface area contributed by atoms with Gasteiger partial charge in [-0.15, -0.1) is 0 Å². The predicted molar refractivity (Wildman–Crippen MR) is 66.6 cm³/mol. The highest BCUT2D eigenvalue weighted by Crippen LogP contribution is 2.20. The van der Waals surface area contributed by atoms with Crippen molar-refractivity contribution in [3.05, 3.63) is 47.0 Å². The number of nitrogen functional groups attached to an aromatic ring is 1. The molecule has 0 radical (unpaired) electrons. The van der Waals surface area contributed by atoms with Crippen molar-refractivity contribution in [2.24, 2.45) is 0 Å². The first-order chi connectivity index (χ1) is 7.70. The molecule has 0 bridgehead atoms. The topological polar surface area (TPSA) is 43.8 Å². The molecule has 0 aliphatic rings. The van der Waals surface area contributed by atoms with E-state index in [1.807, 2.05) is 18.3 Å². The normalized spacial score (nSPS) is 10.6. The number of aryl methyl sites for hydroxylation is 1. The van der Waals surface area contributed by atoms with Gasteiger partial charge in [0.15, 0.2) is 0 Å². The summed E-state index contributed by atoms with van der Waals surface area (Å²) in [5.41, 5.74) is 7.68. The lowest BCUT2D eigenvalue weighted by atomic mass is 10.1. The van der Waals surface area contributed by atoms with Crippen LogP contribution in [0.5, 0.6) is 0 Å². The molecular weight excluding hydrogens is 222 g/mol. The molecule has 0 spiro atoms. The zero-order valence-corrected chi connectivity index (χ0v) is 9.91. The Bertz CT molecular complexity index is 491. The Morgan fingerprint density at radius 3 is 3.00 bits per heavy atom. The molecule has 1 aromatic heterocycles. The first kappa shape index (κ1) is 11.0. The number of halogens is 1. The third kappa shape index (κ3) is 2.19. The van der Waals surface area contributed by atoms with Crippen LogP contribution in [0.1, 0.15) is 18.3 Å². The zero-order valence-electron chi connectivity index (χ0n) is 9.15. The van der Waals surface area contributed by atoms with Crippen LogP contribution in [0.4, 0.5) is 5.69 Å². The Balaban J connectivity index is 2.30. The van der Waals surface area contributed by atoms with Crippen LogP contribution in [0.2, 0.25) is 5.02 Å². The highest BCUT2D eigenvalue weighted by Gasteiger charge is 2.06. The fourth-order valence-electron chi connectivity index (χ4n) is 1.69. The van der Waals surface area contributed by atoms with Crippen molar-refractivity contribution < 1.29 is 0 Å². The van der Waals surface area contributed by atoms with Crippen molar-refractivity contribution in [2.45, 2.75) is 19.9 Å². The second-order valence-electron chi connectivity index (χ2n) is 3.65. The van der Waals surface area contributed by atoms with Crippen LogP contribution in [0.15, 0.2) is 30.6 Å². The van der Waals surface area contributed by atoms with Crippen LogP contribution in [0.3, 0.4) is 0 Å². The lowest BCUT2D eigenvalue weighted by Gasteiger charge is -2.07. The highest BCUT2D eigenvalue weighted by atomic mass is 35.5. The Morgan fingerprint density at radius 2 is 2.25 bits per heavy atom. The molecule has 16 heavy (non-hydrogen) atoms. The fraction of sp³-hybridized carbons (Fsp3) is 0.250. The SMILES string of the molecule is CCn1ccnc1Cc1cc(Cl)ccc1N. The minimum atomic E-state index is 0.707. The molecule has 0 saturated carbocycles. The molecule has 0 fully saturated rings. The maximum Gasteiger partial charge on any atom is 0.113 e. The minimum Gasteiger partial charge on any atom is -0.398 e. The van der Waals surface area contributed by atoms with Gasteiger partial charge in [0.2, 0.25) is 0 Å². The fourth-order valence-corrected chi connectivity index (χ4v) is 1.89. The van der Waals surface area contributed by atoms with Crippen LogP contribution in [-0.4, -0.2) is 9.55 Å². The van der Waals surface area contributed by atoms with Crippen LogP contribution in [-0.2, 0) is 13.0 Å². The molecule has 0 amide bonds. The molecule has 84 valence electrons. The molecule has 1 heterocycles. The van der Waals surface area contributed by atoms with E-state index in [2.05, 4.69) is 16.5 Å². The van der Waals surface area contributed by atoms with Crippen molar-refractivity contribution in [1.29, 1.82) is 0 Å². The predicted octanol–water partition coefficient (Wildman–Crippen LogP) is 2.73. The second-order valence-corrected chi connectivity index (χ2v) is 4.09. The number of anilines is 1. The molecular formula is C12H14ClN3. The zero-order chi connectivity index (χ0) is 11.5. The smallest absolute Gasteiger partial charge is 0.113 e. The lowest BCUT2D eigenvalue weighted by molar-refractivity contribution is 0.712. The number of nitrogens with zero attached hydrogens (tertiary/aromatic N) is 2. The standard InChI is InChI=1S/C12H14ClN3/c1-2-16-6-5-15-12(16)8-9-7-10(13)3-4-11(9)14/h3-7H,2,8,14H2,1H3. The van der Waals surface area contributed by atoms with Gasteiger partial charge in [0.1, 0.15) is 5.82 Å². The van der Waals surface area contributed by atoms with Crippen molar-refractivity contribution in [1.82, 2.24) is 9.55 Å². The van der Waals surface area contributed by atoms with Gasteiger partial charge in [-0.1, -0.05) is 11.6 Å². The maximum absolute atomic E-state index is 5.95. The summed E-state index contributed by atoms with van der Waals surface area (Å²) in [4.78, 5) is 4.32. The number of hydrogen-bond donors (Lipinski definition) is 1. The van der Waals surface area contributed by atoms with Gasteiger partial charge in [0.05, 0.1) is 0 Å². The number of rotatable bonds is 3. The van der Waals surface area contributed by atoms with E-state index in [9.17, 15) is 0 Å². The van der Waals surface area contributed by atoms with Crippen molar-refractivity contribution in [3.8, 4) is 0 Å². The molecule has 2 aromatic rings. The molecule has 0 atom stereocenters. The monoisotopic (exact) mass is 235 g/mol. The minimum absolute atomic E-state index is 0.707. The molecule has 0 aliphatic carbocycles. The van der Waals surface area contributed by atoms with Crippen LogP contribution in [0, 0.1) is 0 Å². The lowest BCUT2D eigenvalue weighted by Crippen LogP contribution is -2.03. The van der Waals surface area contributed by atoms with E-state index in [1.165, 1.54) is 0 Å². The Morgan fingerprint density at radius 1 is 1.44 bits per heavy atom. The first-order valence-corrected chi connectivity index (χ1v) is 5.62. The van der Waals surface area contributed by atoms with Crippen molar-refractivity contribution >= 4 is 17.3 Å². The molecule has 1 aromatic carbocycles. The van der Waals surface area contributed by atoms with E-state index in [4.69, 9.17) is 17.3 Å². The molecule has 2 N–H and O–H groups in total. The third-order valence-electron chi connectivity index (χ3n) is 2.60. The van der Waals surface area contributed by atoms with Gasteiger partial charge in [-0.3, -0.25) is 0 Å². The van der Waals surface area contributed by atoms with E-state index in [-0.39, 0.29) is 0 Å². The van der Waals surface area contributed by atoms with E-state index in [0.717, 1.165) is 23.6 Å². The Hall–Kier alpha value is -1.48. The van der Waals surface area contributed by atoms with Crippen LogP contribution in [0.25, 0.3) is 0 Å². The quantitative estimate of drug-likeness (QED) is 0.832. The number of hydrogen-bond acceptors (Lipinski definition) is 2. The van der Waals surface area contributed by atoms with Gasteiger partial charge in [-0.25, -0.2) is 4.98 Å². The number of aromatic nitrogens is 2. The van der Waals surface area contributed by atoms with Crippen LogP contribution < -0.4 is 5.73 Å². The van der Waals surface area contributed by atoms with Gasteiger partial charge in [-0.05, 0) is 30.7 Å². The third-order valence-corrected chi connectivity index (χ3v) is 2.83. The highest BCUT2D eigenvalue weighted by molar-refractivity contribution is 6.30. The largest absolute Gasteiger partial charge is 0.398 e. The molecule has 3 nitrogen and oxygen atoms in total. The summed E-state index contributed by atoms with van der Waals surface area (Å²) < 4.78 is 2.10. The van der Waals surface area contributed by atoms with Gasteiger partial charge < -0.3 is 10.3 Å². The molecule has 0 aliphatic heterocycles. The molecule has 4 heteroatoms. The summed E-state index contributed by atoms with van der Waals surface area (Å²) in [7, 11) is 0. The summed E-state index contributed by atoms with van der Waals surface area (Å²) in [6, 6.07) is 5.52. The average molecular weight is 236 g/mol. The summed E-state index contributed by atoms with van der Waals surface area (Å²) in [6.45, 7) is 3.00. The number of benzene rings is 1. The second kappa shape index (κ2) is 4.58. The molecule has 0 unspecified atom stereocenters. The Kier molecular flexibility index (Phi) is 3.15. The van der Waals surface area contributed by atoms with Gasteiger partial charge in [0.25, 0.3) is 0 Å². The average Bonchev–Trinajstić information content (AvgIpc) is 2.71. The van der Waals surface area contributed by atoms with E-state index in [1.54, 1.807) is 12.3 Å². The van der Waals surface area contributed by atoms with Crippen molar-refractivity contribution in [2.75, 3.05) is 5.73 Å². The summed E-state index contributed by atoms with van der Waals surface area (Å²) in [5, 5.41) is 0.707.